The smallest absolute Gasteiger partial charge is 0.159 e. The molecule has 268 valence electrons. The monoisotopic (exact) mass is 728 g/mol. The molecular formula is C53H36N4. The molecule has 11 rings (SSSR count). The minimum Gasteiger partial charge on any atom is -0.344 e. The van der Waals surface area contributed by atoms with Gasteiger partial charge in [0.15, 0.2) is 5.84 Å². The van der Waals surface area contributed by atoms with Crippen LogP contribution in [0.3, 0.4) is 0 Å². The van der Waals surface area contributed by atoms with Gasteiger partial charge in [0, 0.05) is 27.6 Å². The summed E-state index contributed by atoms with van der Waals surface area (Å²) in [5.41, 5.74) is 11.3. The second-order valence-corrected chi connectivity index (χ2v) is 14.7. The van der Waals surface area contributed by atoms with Gasteiger partial charge in [-0.3, -0.25) is 0 Å². The van der Waals surface area contributed by atoms with Crippen molar-refractivity contribution in [1.82, 2.24) is 9.88 Å². The van der Waals surface area contributed by atoms with Crippen LogP contribution in [0.2, 0.25) is 0 Å². The standard InChI is InChI=1S/C53H36N4/c1-2-10-35(11-3-1)37-18-23-40(24-19-37)51-54-52(56-53(55-51)45-27-22-36-12-4-5-13-42(36)32-45)41-25-20-38(21-26-41)39-28-30-46(31-29-39)57-49-17-9-8-16-47(49)48-33-43-14-6-7-15-44(43)34-50(48)57/h1-34,51H,(H,54,55,56). The maximum Gasteiger partial charge on any atom is 0.159 e. The molecule has 1 aromatic heterocycles. The zero-order chi connectivity index (χ0) is 37.7. The van der Waals surface area contributed by atoms with Gasteiger partial charge >= 0.3 is 0 Å². The molecule has 2 heterocycles. The van der Waals surface area contributed by atoms with Crippen molar-refractivity contribution in [3.63, 3.8) is 0 Å². The highest BCUT2D eigenvalue weighted by Crippen LogP contribution is 2.36. The Morgan fingerprint density at radius 2 is 0.930 bits per heavy atom. The first-order valence-electron chi connectivity index (χ1n) is 19.4. The lowest BCUT2D eigenvalue weighted by Gasteiger charge is -2.24. The van der Waals surface area contributed by atoms with Crippen molar-refractivity contribution >= 4 is 55.0 Å². The molecule has 0 bridgehead atoms. The molecule has 0 amide bonds. The van der Waals surface area contributed by atoms with Gasteiger partial charge in [0.25, 0.3) is 0 Å². The van der Waals surface area contributed by atoms with Crippen molar-refractivity contribution in [1.29, 1.82) is 0 Å². The Labute approximate surface area is 330 Å². The molecule has 10 aromatic rings. The SMILES string of the molecule is c1ccc(-c2ccc(C3N=C(c4ccc(-c5ccc(-n6c7ccccc7c7cc8ccccc8cc76)cc5)cc4)N=C(c4ccc5ccccc5c4)N3)cc2)cc1. The minimum atomic E-state index is -0.296. The van der Waals surface area contributed by atoms with E-state index in [9.17, 15) is 0 Å². The quantitative estimate of drug-likeness (QED) is 0.182. The summed E-state index contributed by atoms with van der Waals surface area (Å²) in [6.45, 7) is 0. The van der Waals surface area contributed by atoms with Gasteiger partial charge in [0.05, 0.1) is 11.0 Å². The van der Waals surface area contributed by atoms with Gasteiger partial charge in [-0.1, -0.05) is 170 Å². The highest BCUT2D eigenvalue weighted by molar-refractivity contribution is 6.15. The fraction of sp³-hybridized carbons (Fsp3) is 0.0189. The number of benzene rings is 9. The third-order valence-corrected chi connectivity index (χ3v) is 11.2. The molecule has 0 aliphatic carbocycles. The van der Waals surface area contributed by atoms with Crippen molar-refractivity contribution in [2.24, 2.45) is 9.98 Å². The molecule has 57 heavy (non-hydrogen) atoms. The van der Waals surface area contributed by atoms with Gasteiger partial charge in [-0.2, -0.15) is 0 Å². The molecular weight excluding hydrogens is 693 g/mol. The van der Waals surface area contributed by atoms with Crippen LogP contribution >= 0.6 is 0 Å². The van der Waals surface area contributed by atoms with Crippen molar-refractivity contribution in [3.05, 3.63) is 223 Å². The highest BCUT2D eigenvalue weighted by Gasteiger charge is 2.22. The Morgan fingerprint density at radius 1 is 0.386 bits per heavy atom. The predicted molar refractivity (Wildman–Crippen MR) is 238 cm³/mol. The largest absolute Gasteiger partial charge is 0.344 e. The van der Waals surface area contributed by atoms with E-state index < -0.39 is 0 Å². The number of amidine groups is 2. The molecule has 1 atom stereocenters. The zero-order valence-corrected chi connectivity index (χ0v) is 31.0. The van der Waals surface area contributed by atoms with Crippen molar-refractivity contribution in [2.45, 2.75) is 6.17 Å². The summed E-state index contributed by atoms with van der Waals surface area (Å²) < 4.78 is 2.38. The number of fused-ring (bicyclic) bond motifs is 5. The average Bonchev–Trinajstić information content (AvgIpc) is 3.61. The average molecular weight is 729 g/mol. The van der Waals surface area contributed by atoms with E-state index in [4.69, 9.17) is 9.98 Å². The summed E-state index contributed by atoms with van der Waals surface area (Å²) in [6, 6.07) is 73.6. The van der Waals surface area contributed by atoms with Crippen LogP contribution in [0, 0.1) is 0 Å². The number of nitrogens with zero attached hydrogens (tertiary/aromatic N) is 3. The zero-order valence-electron chi connectivity index (χ0n) is 31.0. The van der Waals surface area contributed by atoms with E-state index in [2.05, 4.69) is 210 Å². The molecule has 1 aliphatic heterocycles. The van der Waals surface area contributed by atoms with Crippen LogP contribution in [0.5, 0.6) is 0 Å². The molecule has 1 N–H and O–H groups in total. The number of aliphatic imine (C=N–C) groups is 2. The first-order valence-corrected chi connectivity index (χ1v) is 19.4. The normalized spacial score (nSPS) is 14.1. The Balaban J connectivity index is 0.932. The van der Waals surface area contributed by atoms with E-state index in [1.165, 1.54) is 54.5 Å². The lowest BCUT2D eigenvalue weighted by Crippen LogP contribution is -2.33. The van der Waals surface area contributed by atoms with Crippen LogP contribution in [0.15, 0.2) is 216 Å². The van der Waals surface area contributed by atoms with E-state index >= 15 is 0 Å². The summed E-state index contributed by atoms with van der Waals surface area (Å²) in [5, 5.41) is 11.1. The molecule has 1 aliphatic rings. The number of rotatable bonds is 6. The van der Waals surface area contributed by atoms with Crippen LogP contribution in [-0.4, -0.2) is 16.2 Å². The first-order chi connectivity index (χ1) is 28.2. The Bertz CT molecular complexity index is 3170. The van der Waals surface area contributed by atoms with Gasteiger partial charge < -0.3 is 9.88 Å². The number of hydrogen-bond acceptors (Lipinski definition) is 3. The first kappa shape index (κ1) is 32.8. The molecule has 0 fully saturated rings. The lowest BCUT2D eigenvalue weighted by atomic mass is 10.0. The van der Waals surface area contributed by atoms with E-state index in [0.29, 0.717) is 5.84 Å². The van der Waals surface area contributed by atoms with Crippen molar-refractivity contribution in [2.75, 3.05) is 0 Å². The van der Waals surface area contributed by atoms with Crippen molar-refractivity contribution < 1.29 is 0 Å². The Hall–Kier alpha value is -7.56. The summed E-state index contributed by atoms with van der Waals surface area (Å²) in [5.74, 6) is 1.51. The fourth-order valence-electron chi connectivity index (χ4n) is 8.27. The molecule has 0 radical (unpaired) electrons. The number of nitrogens with one attached hydrogen (secondary N) is 1. The predicted octanol–water partition coefficient (Wildman–Crippen LogP) is 12.9. The van der Waals surface area contributed by atoms with Crippen LogP contribution < -0.4 is 5.32 Å². The maximum absolute atomic E-state index is 5.19. The van der Waals surface area contributed by atoms with Gasteiger partial charge in [0.1, 0.15) is 12.0 Å². The molecule has 4 nitrogen and oxygen atoms in total. The molecule has 1 unspecified atom stereocenters. The summed E-state index contributed by atoms with van der Waals surface area (Å²) >= 11 is 0. The van der Waals surface area contributed by atoms with Gasteiger partial charge in [-0.25, -0.2) is 9.98 Å². The second-order valence-electron chi connectivity index (χ2n) is 14.7. The van der Waals surface area contributed by atoms with Gasteiger partial charge in [-0.05, 0) is 85.8 Å². The number of hydrogen-bond donors (Lipinski definition) is 1. The van der Waals surface area contributed by atoms with Gasteiger partial charge in [-0.15, -0.1) is 0 Å². The maximum atomic E-state index is 5.19. The third-order valence-electron chi connectivity index (χ3n) is 11.2. The summed E-state index contributed by atoms with van der Waals surface area (Å²) in [7, 11) is 0. The van der Waals surface area contributed by atoms with E-state index in [-0.39, 0.29) is 6.17 Å². The van der Waals surface area contributed by atoms with Crippen LogP contribution in [-0.2, 0) is 0 Å². The van der Waals surface area contributed by atoms with Crippen LogP contribution in [0.25, 0.3) is 71.3 Å². The fourth-order valence-corrected chi connectivity index (χ4v) is 8.27. The number of aromatic nitrogens is 1. The minimum absolute atomic E-state index is 0.296. The topological polar surface area (TPSA) is 41.7 Å². The third kappa shape index (κ3) is 5.96. The summed E-state index contributed by atoms with van der Waals surface area (Å²) in [6.07, 6.45) is -0.296. The second kappa shape index (κ2) is 13.6. The Kier molecular flexibility index (Phi) is 7.85. The molecule has 0 spiro atoms. The van der Waals surface area contributed by atoms with Crippen LogP contribution in [0.4, 0.5) is 0 Å². The van der Waals surface area contributed by atoms with Crippen LogP contribution in [0.1, 0.15) is 22.9 Å². The van der Waals surface area contributed by atoms with E-state index in [1.54, 1.807) is 0 Å². The van der Waals surface area contributed by atoms with E-state index in [0.717, 1.165) is 39.3 Å². The molecule has 4 heteroatoms. The Morgan fingerprint density at radius 3 is 1.67 bits per heavy atom. The molecule has 0 saturated carbocycles. The van der Waals surface area contributed by atoms with E-state index in [1.807, 2.05) is 6.07 Å². The van der Waals surface area contributed by atoms with Crippen molar-refractivity contribution in [3.8, 4) is 27.9 Å². The number of para-hydroxylation sites is 1. The molecule has 0 saturated heterocycles. The molecule has 9 aromatic carbocycles. The van der Waals surface area contributed by atoms with Gasteiger partial charge in [0.2, 0.25) is 0 Å². The summed E-state index contributed by atoms with van der Waals surface area (Å²) in [4.78, 5) is 10.3. The lowest BCUT2D eigenvalue weighted by molar-refractivity contribution is 0.674. The highest BCUT2D eigenvalue weighted by atomic mass is 15.2.